The highest BCUT2D eigenvalue weighted by molar-refractivity contribution is 6.37. The summed E-state index contributed by atoms with van der Waals surface area (Å²) in [4.78, 5) is 27.8. The summed E-state index contributed by atoms with van der Waals surface area (Å²) >= 11 is 6.35. The molecular formula is C25H27ClN4O4. The molecule has 9 heteroatoms. The smallest absolute Gasteiger partial charge is 0.312 e. The van der Waals surface area contributed by atoms with Gasteiger partial charge >= 0.3 is 5.97 Å². The average Bonchev–Trinajstić information content (AvgIpc) is 3.19. The number of carboxylic acids is 1. The van der Waals surface area contributed by atoms with Gasteiger partial charge in [0.1, 0.15) is 0 Å². The maximum absolute atomic E-state index is 13.7. The standard InChI is InChI=1S/C25H27ClN4O4/c1-17(25(32)33)23-22(24(31)30(28-23)21-10-6-5-9-19(21)26)20(16-29-11-13-34-14-12-29)27-15-18-7-3-2-4-8-18/h2-10,17,27H,11-16H2,1H3,(H,32,33)/b22-20-. The highest BCUT2D eigenvalue weighted by Crippen LogP contribution is 2.33. The Morgan fingerprint density at radius 2 is 1.82 bits per heavy atom. The number of carboxylic acid groups (broad SMARTS) is 1. The molecule has 2 aliphatic heterocycles. The van der Waals surface area contributed by atoms with E-state index in [4.69, 9.17) is 16.3 Å². The number of morpholine rings is 1. The molecule has 8 nitrogen and oxygen atoms in total. The van der Waals surface area contributed by atoms with Crippen molar-refractivity contribution in [3.8, 4) is 0 Å². The van der Waals surface area contributed by atoms with Gasteiger partial charge in [-0.05, 0) is 24.6 Å². The predicted molar refractivity (Wildman–Crippen MR) is 131 cm³/mol. The van der Waals surface area contributed by atoms with Crippen molar-refractivity contribution in [1.29, 1.82) is 0 Å². The summed E-state index contributed by atoms with van der Waals surface area (Å²) in [7, 11) is 0. The molecule has 0 bridgehead atoms. The quantitative estimate of drug-likeness (QED) is 0.561. The lowest BCUT2D eigenvalue weighted by atomic mass is 9.96. The number of ether oxygens (including phenoxy) is 1. The van der Waals surface area contributed by atoms with Gasteiger partial charge in [-0.2, -0.15) is 10.1 Å². The van der Waals surface area contributed by atoms with Crippen LogP contribution in [0, 0.1) is 5.92 Å². The molecule has 1 saturated heterocycles. The number of benzene rings is 2. The number of halogens is 1. The number of carbonyl (C=O) groups is 2. The van der Waals surface area contributed by atoms with E-state index in [1.165, 1.54) is 11.9 Å². The molecule has 0 aromatic heterocycles. The van der Waals surface area contributed by atoms with Gasteiger partial charge in [0.15, 0.2) is 0 Å². The number of hydrogen-bond donors (Lipinski definition) is 2. The van der Waals surface area contributed by atoms with E-state index in [1.54, 1.807) is 24.3 Å². The minimum atomic E-state index is -1.06. The molecule has 34 heavy (non-hydrogen) atoms. The van der Waals surface area contributed by atoms with Crippen LogP contribution in [0.5, 0.6) is 0 Å². The van der Waals surface area contributed by atoms with Crippen molar-refractivity contribution in [3.05, 3.63) is 76.5 Å². The summed E-state index contributed by atoms with van der Waals surface area (Å²) in [5, 5.41) is 19.2. The minimum Gasteiger partial charge on any atom is -0.481 e. The summed E-state index contributed by atoms with van der Waals surface area (Å²) in [6.45, 7) is 5.10. The van der Waals surface area contributed by atoms with Gasteiger partial charge in [-0.3, -0.25) is 14.5 Å². The third-order valence-corrected chi connectivity index (χ3v) is 6.19. The van der Waals surface area contributed by atoms with Gasteiger partial charge in [0.05, 0.1) is 41.1 Å². The van der Waals surface area contributed by atoms with Crippen LogP contribution in [0.4, 0.5) is 5.69 Å². The highest BCUT2D eigenvalue weighted by Gasteiger charge is 2.39. The summed E-state index contributed by atoms with van der Waals surface area (Å²) < 4.78 is 5.47. The number of nitrogens with one attached hydrogen (secondary N) is 1. The molecule has 1 amide bonds. The molecule has 1 atom stereocenters. The fourth-order valence-electron chi connectivity index (χ4n) is 3.92. The zero-order valence-electron chi connectivity index (χ0n) is 18.9. The number of rotatable bonds is 8. The van der Waals surface area contributed by atoms with Gasteiger partial charge < -0.3 is 15.2 Å². The number of para-hydroxylation sites is 1. The number of amides is 1. The SMILES string of the molecule is CC(C(=O)O)C1=NN(c2ccccc2Cl)C(=O)/C1=C(/CN1CCOCC1)NCc1ccccc1. The van der Waals surface area contributed by atoms with E-state index in [-0.39, 0.29) is 11.3 Å². The third kappa shape index (κ3) is 5.30. The molecule has 2 aromatic rings. The molecule has 1 unspecified atom stereocenters. The highest BCUT2D eigenvalue weighted by atomic mass is 35.5. The van der Waals surface area contributed by atoms with E-state index in [1.807, 2.05) is 30.3 Å². The molecule has 1 fully saturated rings. The number of carbonyl (C=O) groups excluding carboxylic acids is 1. The Labute approximate surface area is 203 Å². The van der Waals surface area contributed by atoms with Crippen LogP contribution in [0.1, 0.15) is 12.5 Å². The first-order valence-electron chi connectivity index (χ1n) is 11.2. The van der Waals surface area contributed by atoms with Crippen molar-refractivity contribution >= 4 is 34.9 Å². The van der Waals surface area contributed by atoms with Crippen molar-refractivity contribution in [2.24, 2.45) is 11.0 Å². The summed E-state index contributed by atoms with van der Waals surface area (Å²) in [6.07, 6.45) is 0. The molecule has 2 heterocycles. The Kier molecular flexibility index (Phi) is 7.62. The van der Waals surface area contributed by atoms with Gasteiger partial charge in [-0.1, -0.05) is 54.1 Å². The van der Waals surface area contributed by atoms with Gasteiger partial charge in [0, 0.05) is 31.9 Å². The monoisotopic (exact) mass is 482 g/mol. The van der Waals surface area contributed by atoms with Crippen LogP contribution < -0.4 is 10.3 Å². The second-order valence-electron chi connectivity index (χ2n) is 8.19. The first-order valence-corrected chi connectivity index (χ1v) is 11.5. The topological polar surface area (TPSA) is 94.5 Å². The van der Waals surface area contributed by atoms with E-state index >= 15 is 0 Å². The number of hydrogen-bond acceptors (Lipinski definition) is 6. The van der Waals surface area contributed by atoms with Crippen molar-refractivity contribution in [3.63, 3.8) is 0 Å². The third-order valence-electron chi connectivity index (χ3n) is 5.87. The van der Waals surface area contributed by atoms with Gasteiger partial charge in [-0.25, -0.2) is 0 Å². The van der Waals surface area contributed by atoms with Crippen LogP contribution >= 0.6 is 11.6 Å². The molecule has 2 N–H and O–H groups in total. The summed E-state index contributed by atoms with van der Waals surface area (Å²) in [5.41, 5.74) is 2.57. The largest absolute Gasteiger partial charge is 0.481 e. The Balaban J connectivity index is 1.76. The lowest BCUT2D eigenvalue weighted by Crippen LogP contribution is -2.41. The molecule has 0 radical (unpaired) electrons. The van der Waals surface area contributed by atoms with Crippen molar-refractivity contribution < 1.29 is 19.4 Å². The molecule has 4 rings (SSSR count). The number of hydrazone groups is 1. The van der Waals surface area contributed by atoms with E-state index < -0.39 is 17.8 Å². The molecule has 2 aliphatic rings. The first-order chi connectivity index (χ1) is 16.5. The van der Waals surface area contributed by atoms with Gasteiger partial charge in [0.2, 0.25) is 0 Å². The molecule has 0 spiro atoms. The van der Waals surface area contributed by atoms with Crippen LogP contribution in [0.25, 0.3) is 0 Å². The van der Waals surface area contributed by atoms with Crippen molar-refractivity contribution in [2.45, 2.75) is 13.5 Å². The maximum Gasteiger partial charge on any atom is 0.312 e. The first kappa shape index (κ1) is 23.9. The van der Waals surface area contributed by atoms with Crippen LogP contribution in [-0.4, -0.2) is 60.4 Å². The maximum atomic E-state index is 13.7. The van der Waals surface area contributed by atoms with Gasteiger partial charge in [-0.15, -0.1) is 0 Å². The van der Waals surface area contributed by atoms with Crippen LogP contribution in [0.3, 0.4) is 0 Å². The Bertz CT molecular complexity index is 1110. The molecule has 2 aromatic carbocycles. The molecular weight excluding hydrogens is 456 g/mol. The minimum absolute atomic E-state index is 0.209. The van der Waals surface area contributed by atoms with E-state index in [2.05, 4.69) is 15.3 Å². The molecule has 178 valence electrons. The molecule has 0 saturated carbocycles. The van der Waals surface area contributed by atoms with Gasteiger partial charge in [0.25, 0.3) is 5.91 Å². The Hall–Kier alpha value is -3.20. The van der Waals surface area contributed by atoms with E-state index in [9.17, 15) is 14.7 Å². The second-order valence-corrected chi connectivity index (χ2v) is 8.60. The number of aliphatic carboxylic acids is 1. The predicted octanol–water partition coefficient (Wildman–Crippen LogP) is 3.14. The normalized spacial score (nSPS) is 19.1. The van der Waals surface area contributed by atoms with E-state index in [0.717, 1.165) is 5.56 Å². The van der Waals surface area contributed by atoms with E-state index in [0.29, 0.717) is 55.8 Å². The molecule has 0 aliphatic carbocycles. The van der Waals surface area contributed by atoms with Crippen LogP contribution in [-0.2, 0) is 20.9 Å². The average molecular weight is 483 g/mol. The number of anilines is 1. The summed E-state index contributed by atoms with van der Waals surface area (Å²) in [6, 6.07) is 16.7. The zero-order valence-corrected chi connectivity index (χ0v) is 19.7. The lowest BCUT2D eigenvalue weighted by Gasteiger charge is -2.29. The fraction of sp³-hybridized carbons (Fsp3) is 0.320. The lowest BCUT2D eigenvalue weighted by molar-refractivity contribution is -0.138. The van der Waals surface area contributed by atoms with Crippen molar-refractivity contribution in [1.82, 2.24) is 10.2 Å². The zero-order chi connectivity index (χ0) is 24.1. The second kappa shape index (κ2) is 10.8. The fourth-order valence-corrected chi connectivity index (χ4v) is 4.14. The van der Waals surface area contributed by atoms with Crippen molar-refractivity contribution in [2.75, 3.05) is 37.9 Å². The number of nitrogens with zero attached hydrogens (tertiary/aromatic N) is 3. The Morgan fingerprint density at radius 3 is 2.50 bits per heavy atom. The van der Waals surface area contributed by atoms with Crippen LogP contribution in [0.15, 0.2) is 71.0 Å². The summed E-state index contributed by atoms with van der Waals surface area (Å²) in [5.74, 6) is -2.44. The van der Waals surface area contributed by atoms with Crippen LogP contribution in [0.2, 0.25) is 5.02 Å². The Morgan fingerprint density at radius 1 is 1.15 bits per heavy atom.